The molecule has 0 spiro atoms. The summed E-state index contributed by atoms with van der Waals surface area (Å²) >= 11 is 0. The van der Waals surface area contributed by atoms with Crippen LogP contribution in [0.2, 0.25) is 0 Å². The highest BCUT2D eigenvalue weighted by Gasteiger charge is 2.43. The van der Waals surface area contributed by atoms with Gasteiger partial charge in [-0.2, -0.15) is 0 Å². The lowest BCUT2D eigenvalue weighted by Crippen LogP contribution is -2.49. The first kappa shape index (κ1) is 24.4. The summed E-state index contributed by atoms with van der Waals surface area (Å²) in [4.78, 5) is 26.0. The number of anilines is 2. The molecule has 2 heterocycles. The number of benzene rings is 2. The van der Waals surface area contributed by atoms with Crippen molar-refractivity contribution in [1.29, 1.82) is 0 Å². The van der Waals surface area contributed by atoms with Crippen LogP contribution in [-0.4, -0.2) is 49.3 Å². The molecule has 1 atom stereocenters. The minimum absolute atomic E-state index is 0.230. The largest absolute Gasteiger partial charge is 0.573 e. The molecule has 0 bridgehead atoms. The number of fused-ring (bicyclic) bond motifs is 2. The van der Waals surface area contributed by atoms with Crippen LogP contribution in [0.1, 0.15) is 23.6 Å². The van der Waals surface area contributed by atoms with Gasteiger partial charge in [0.2, 0.25) is 0 Å². The zero-order valence-corrected chi connectivity index (χ0v) is 18.3. The van der Waals surface area contributed by atoms with E-state index in [9.17, 15) is 31.5 Å². The summed E-state index contributed by atoms with van der Waals surface area (Å²) in [5.74, 6) is -0.867. The summed E-state index contributed by atoms with van der Waals surface area (Å²) in [6.45, 7) is -2.15. The van der Waals surface area contributed by atoms with Crippen LogP contribution in [-0.2, 0) is 6.54 Å². The fourth-order valence-corrected chi connectivity index (χ4v) is 3.94. The highest BCUT2D eigenvalue weighted by Crippen LogP contribution is 2.42. The van der Waals surface area contributed by atoms with Gasteiger partial charge in [-0.3, -0.25) is 0 Å². The predicted octanol–water partition coefficient (Wildman–Crippen LogP) is 4.89. The van der Waals surface area contributed by atoms with Crippen LogP contribution in [0.5, 0.6) is 11.5 Å². The fraction of sp³-hybridized carbons (Fsp3) is 0.364. The van der Waals surface area contributed by atoms with Gasteiger partial charge >= 0.3 is 18.4 Å². The number of amides is 4. The highest BCUT2D eigenvalue weighted by atomic mass is 19.4. The van der Waals surface area contributed by atoms with Gasteiger partial charge in [-0.25, -0.2) is 18.4 Å². The molecule has 4 amide bonds. The molecule has 2 aromatic rings. The number of ether oxygens (including phenoxy) is 2. The standard InChI is InChI=1S/C22H21F5N4O4/c1-31-9-12-2-3-13(6-16(12)30-20(31)33)28-19(32)29-17-8-21(10-23,11-24)35-18-7-14(4-5-15(17)18)34-22(25,26)27/h2-7,17H,8-11H2,1H3,(H,30,33)(H2,28,29,32)/t17-/m1/s1. The summed E-state index contributed by atoms with van der Waals surface area (Å²) in [5, 5.41) is 7.86. The number of nitrogens with zero attached hydrogens (tertiary/aromatic N) is 1. The molecule has 2 aromatic carbocycles. The van der Waals surface area contributed by atoms with Gasteiger partial charge in [-0.15, -0.1) is 13.2 Å². The van der Waals surface area contributed by atoms with E-state index in [0.29, 0.717) is 17.9 Å². The van der Waals surface area contributed by atoms with Gasteiger partial charge in [0, 0.05) is 43.0 Å². The number of nitrogens with one attached hydrogen (secondary N) is 3. The molecule has 2 aliphatic rings. The van der Waals surface area contributed by atoms with Crippen molar-refractivity contribution in [1.82, 2.24) is 10.2 Å². The maximum atomic E-state index is 13.7. The van der Waals surface area contributed by atoms with Crippen molar-refractivity contribution in [3.63, 3.8) is 0 Å². The van der Waals surface area contributed by atoms with Crippen molar-refractivity contribution in [3.8, 4) is 11.5 Å². The van der Waals surface area contributed by atoms with E-state index in [2.05, 4.69) is 20.7 Å². The smallest absolute Gasteiger partial charge is 0.481 e. The lowest BCUT2D eigenvalue weighted by molar-refractivity contribution is -0.274. The summed E-state index contributed by atoms with van der Waals surface area (Å²) in [5.41, 5.74) is -0.0518. The summed E-state index contributed by atoms with van der Waals surface area (Å²) in [7, 11) is 1.64. The van der Waals surface area contributed by atoms with E-state index in [1.165, 1.54) is 11.0 Å². The van der Waals surface area contributed by atoms with Crippen molar-refractivity contribution in [2.24, 2.45) is 0 Å². The van der Waals surface area contributed by atoms with E-state index in [0.717, 1.165) is 17.7 Å². The second-order valence-electron chi connectivity index (χ2n) is 8.31. The number of carbonyl (C=O) groups excluding carboxylic acids is 2. The molecule has 8 nitrogen and oxygen atoms in total. The van der Waals surface area contributed by atoms with Crippen molar-refractivity contribution in [2.75, 3.05) is 31.0 Å². The number of carbonyl (C=O) groups is 2. The van der Waals surface area contributed by atoms with Crippen molar-refractivity contribution < 1.29 is 41.0 Å². The third kappa shape index (κ3) is 5.33. The maximum Gasteiger partial charge on any atom is 0.573 e. The molecule has 0 fully saturated rings. The Hall–Kier alpha value is -3.77. The Bertz CT molecular complexity index is 1140. The minimum Gasteiger partial charge on any atom is -0.481 e. The molecule has 35 heavy (non-hydrogen) atoms. The maximum absolute atomic E-state index is 13.7. The quantitative estimate of drug-likeness (QED) is 0.510. The molecule has 0 saturated heterocycles. The Balaban J connectivity index is 1.54. The van der Waals surface area contributed by atoms with E-state index in [4.69, 9.17) is 4.74 Å². The normalized spacial score (nSPS) is 18.5. The second kappa shape index (κ2) is 9.12. The molecular formula is C22H21F5N4O4. The van der Waals surface area contributed by atoms with Crippen LogP contribution >= 0.6 is 0 Å². The number of hydrogen-bond acceptors (Lipinski definition) is 4. The number of alkyl halides is 5. The Morgan fingerprint density at radius 2 is 1.97 bits per heavy atom. The van der Waals surface area contributed by atoms with Gasteiger partial charge < -0.3 is 30.3 Å². The van der Waals surface area contributed by atoms with Gasteiger partial charge in [-0.1, -0.05) is 6.07 Å². The van der Waals surface area contributed by atoms with Crippen molar-refractivity contribution in [3.05, 3.63) is 47.5 Å². The van der Waals surface area contributed by atoms with E-state index in [1.54, 1.807) is 25.2 Å². The van der Waals surface area contributed by atoms with Crippen molar-refractivity contribution >= 4 is 23.4 Å². The average Bonchev–Trinajstić information content (AvgIpc) is 2.78. The molecule has 0 unspecified atom stereocenters. The third-order valence-electron chi connectivity index (χ3n) is 5.65. The third-order valence-corrected chi connectivity index (χ3v) is 5.65. The molecule has 13 heteroatoms. The van der Waals surface area contributed by atoms with Crippen LogP contribution in [0.4, 0.5) is 42.9 Å². The highest BCUT2D eigenvalue weighted by molar-refractivity contribution is 5.95. The minimum atomic E-state index is -4.97. The van der Waals surface area contributed by atoms with E-state index >= 15 is 0 Å². The summed E-state index contributed by atoms with van der Waals surface area (Å²) in [6, 6.07) is 6.01. The second-order valence-corrected chi connectivity index (χ2v) is 8.31. The van der Waals surface area contributed by atoms with Crippen LogP contribution in [0.15, 0.2) is 36.4 Å². The zero-order chi connectivity index (χ0) is 25.4. The van der Waals surface area contributed by atoms with Crippen LogP contribution < -0.4 is 25.4 Å². The monoisotopic (exact) mass is 500 g/mol. The zero-order valence-electron chi connectivity index (χ0n) is 18.3. The van der Waals surface area contributed by atoms with Gasteiger partial charge in [0.1, 0.15) is 24.8 Å². The first-order chi connectivity index (χ1) is 16.5. The molecule has 4 rings (SSSR count). The topological polar surface area (TPSA) is 91.9 Å². The average molecular weight is 500 g/mol. The number of urea groups is 2. The molecule has 0 aliphatic carbocycles. The van der Waals surface area contributed by atoms with Gasteiger partial charge in [0.15, 0.2) is 5.60 Å². The van der Waals surface area contributed by atoms with Crippen molar-refractivity contribution in [2.45, 2.75) is 31.0 Å². The molecule has 3 N–H and O–H groups in total. The van der Waals surface area contributed by atoms with E-state index < -0.39 is 43.1 Å². The van der Waals surface area contributed by atoms with Gasteiger partial charge in [-0.05, 0) is 29.8 Å². The lowest BCUT2D eigenvalue weighted by atomic mass is 9.88. The van der Waals surface area contributed by atoms with Gasteiger partial charge in [0.25, 0.3) is 0 Å². The van der Waals surface area contributed by atoms with E-state index in [1.807, 2.05) is 0 Å². The lowest BCUT2D eigenvalue weighted by Gasteiger charge is -2.39. The molecule has 0 aromatic heterocycles. The SMILES string of the molecule is CN1Cc2ccc(NC(=O)N[C@@H]3CC(CF)(CF)Oc4cc(OC(F)(F)F)ccc43)cc2NC1=O. The molecule has 0 radical (unpaired) electrons. The summed E-state index contributed by atoms with van der Waals surface area (Å²) < 4.78 is 74.5. The Morgan fingerprint density at radius 1 is 1.23 bits per heavy atom. The molecular weight excluding hydrogens is 479 g/mol. The summed E-state index contributed by atoms with van der Waals surface area (Å²) in [6.07, 6.45) is -5.27. The first-order valence-corrected chi connectivity index (χ1v) is 10.4. The Labute approximate surface area is 196 Å². The van der Waals surface area contributed by atoms with Crippen LogP contribution in [0, 0.1) is 0 Å². The fourth-order valence-electron chi connectivity index (χ4n) is 3.94. The predicted molar refractivity (Wildman–Crippen MR) is 115 cm³/mol. The Kier molecular flexibility index (Phi) is 6.34. The van der Waals surface area contributed by atoms with Crippen LogP contribution in [0.25, 0.3) is 0 Å². The van der Waals surface area contributed by atoms with E-state index in [-0.39, 0.29) is 23.8 Å². The molecule has 188 valence electrons. The van der Waals surface area contributed by atoms with Gasteiger partial charge in [0.05, 0.1) is 6.04 Å². The Morgan fingerprint density at radius 3 is 2.66 bits per heavy atom. The number of hydrogen-bond donors (Lipinski definition) is 3. The first-order valence-electron chi connectivity index (χ1n) is 10.4. The number of halogens is 5. The van der Waals surface area contributed by atoms with Crippen LogP contribution in [0.3, 0.4) is 0 Å². The molecule has 0 saturated carbocycles. The molecule has 2 aliphatic heterocycles. The number of rotatable bonds is 5.